The molecule has 0 radical (unpaired) electrons. The van der Waals surface area contributed by atoms with Gasteiger partial charge in [0.25, 0.3) is 11.8 Å². The van der Waals surface area contributed by atoms with Gasteiger partial charge in [-0.1, -0.05) is 19.1 Å². The van der Waals surface area contributed by atoms with Crippen molar-refractivity contribution in [3.05, 3.63) is 35.4 Å². The highest BCUT2D eigenvalue weighted by molar-refractivity contribution is 6.21. The molecular formula is C14H18N2O3. The number of fused-ring (bicyclic) bond motifs is 1. The minimum atomic E-state index is -0.233. The van der Waals surface area contributed by atoms with E-state index in [1.165, 1.54) is 4.90 Å². The van der Waals surface area contributed by atoms with Crippen molar-refractivity contribution in [2.75, 3.05) is 26.4 Å². The molecule has 5 nitrogen and oxygen atoms in total. The van der Waals surface area contributed by atoms with Crippen molar-refractivity contribution in [1.82, 2.24) is 9.80 Å². The van der Waals surface area contributed by atoms with Crippen LogP contribution in [0.25, 0.3) is 0 Å². The first-order valence-corrected chi connectivity index (χ1v) is 6.47. The van der Waals surface area contributed by atoms with Gasteiger partial charge in [-0.15, -0.1) is 0 Å². The molecule has 1 aromatic carbocycles. The van der Waals surface area contributed by atoms with Crippen LogP contribution in [0.5, 0.6) is 0 Å². The smallest absolute Gasteiger partial charge is 0.262 e. The molecule has 2 rings (SSSR count). The van der Waals surface area contributed by atoms with E-state index in [0.717, 1.165) is 6.54 Å². The molecule has 0 saturated carbocycles. The quantitative estimate of drug-likeness (QED) is 0.775. The van der Waals surface area contributed by atoms with Gasteiger partial charge in [0.15, 0.2) is 0 Å². The second-order valence-electron chi connectivity index (χ2n) is 4.51. The van der Waals surface area contributed by atoms with Crippen LogP contribution in [0, 0.1) is 0 Å². The van der Waals surface area contributed by atoms with Crippen molar-refractivity contribution in [2.24, 2.45) is 0 Å². The number of carbonyl (C=O) groups is 2. The molecule has 0 aliphatic carbocycles. The molecule has 5 heteroatoms. The second kappa shape index (κ2) is 5.95. The Morgan fingerprint density at radius 3 is 2.21 bits per heavy atom. The maximum atomic E-state index is 12.2. The Kier molecular flexibility index (Phi) is 4.29. The topological polar surface area (TPSA) is 60.9 Å². The van der Waals surface area contributed by atoms with Crippen LogP contribution in [0.4, 0.5) is 0 Å². The lowest BCUT2D eigenvalue weighted by atomic mass is 10.1. The SMILES string of the molecule is CCN(CCCO)CN1C(=O)c2ccccc2C1=O. The van der Waals surface area contributed by atoms with Crippen molar-refractivity contribution < 1.29 is 14.7 Å². The molecule has 0 spiro atoms. The fraction of sp³-hybridized carbons (Fsp3) is 0.429. The lowest BCUT2D eigenvalue weighted by Gasteiger charge is -2.25. The van der Waals surface area contributed by atoms with Crippen molar-refractivity contribution in [1.29, 1.82) is 0 Å². The predicted molar refractivity (Wildman–Crippen MR) is 70.8 cm³/mol. The summed E-state index contributed by atoms with van der Waals surface area (Å²) in [7, 11) is 0. The van der Waals surface area contributed by atoms with Crippen LogP contribution < -0.4 is 0 Å². The number of imide groups is 1. The molecule has 2 amide bonds. The number of hydrogen-bond acceptors (Lipinski definition) is 4. The number of hydrogen-bond donors (Lipinski definition) is 1. The van der Waals surface area contributed by atoms with Gasteiger partial charge in [0.2, 0.25) is 0 Å². The Labute approximate surface area is 112 Å². The fourth-order valence-corrected chi connectivity index (χ4v) is 2.19. The molecule has 0 unspecified atom stereocenters. The molecule has 1 aromatic rings. The Morgan fingerprint density at radius 1 is 1.16 bits per heavy atom. The van der Waals surface area contributed by atoms with Crippen molar-refractivity contribution in [3.8, 4) is 0 Å². The van der Waals surface area contributed by atoms with Crippen LogP contribution in [-0.4, -0.2) is 53.1 Å². The zero-order valence-electron chi connectivity index (χ0n) is 11.0. The van der Waals surface area contributed by atoms with Crippen LogP contribution in [0.15, 0.2) is 24.3 Å². The van der Waals surface area contributed by atoms with Crippen LogP contribution in [-0.2, 0) is 0 Å². The van der Waals surface area contributed by atoms with Gasteiger partial charge in [-0.3, -0.25) is 19.4 Å². The first kappa shape index (κ1) is 13.7. The molecule has 0 saturated heterocycles. The number of carbonyl (C=O) groups excluding carboxylic acids is 2. The minimum Gasteiger partial charge on any atom is -0.396 e. The second-order valence-corrected chi connectivity index (χ2v) is 4.51. The van der Waals surface area contributed by atoms with Gasteiger partial charge in [0.05, 0.1) is 17.8 Å². The van der Waals surface area contributed by atoms with Gasteiger partial charge in [-0.25, -0.2) is 0 Å². The average molecular weight is 262 g/mol. The summed E-state index contributed by atoms with van der Waals surface area (Å²) in [4.78, 5) is 27.6. The van der Waals surface area contributed by atoms with Crippen LogP contribution >= 0.6 is 0 Å². The van der Waals surface area contributed by atoms with Gasteiger partial charge in [0.1, 0.15) is 0 Å². The van der Waals surface area contributed by atoms with Crippen LogP contribution in [0.3, 0.4) is 0 Å². The highest BCUT2D eigenvalue weighted by atomic mass is 16.3. The number of nitrogens with zero attached hydrogens (tertiary/aromatic N) is 2. The third-order valence-corrected chi connectivity index (χ3v) is 3.30. The van der Waals surface area contributed by atoms with Gasteiger partial charge in [0, 0.05) is 13.2 Å². The van der Waals surface area contributed by atoms with E-state index < -0.39 is 0 Å². The van der Waals surface area contributed by atoms with Crippen molar-refractivity contribution in [3.63, 3.8) is 0 Å². The number of aliphatic hydroxyl groups excluding tert-OH is 1. The highest BCUT2D eigenvalue weighted by Gasteiger charge is 2.35. The lowest BCUT2D eigenvalue weighted by Crippen LogP contribution is -2.41. The van der Waals surface area contributed by atoms with Crippen LogP contribution in [0.2, 0.25) is 0 Å². The Morgan fingerprint density at radius 2 is 1.74 bits per heavy atom. The summed E-state index contributed by atoms with van der Waals surface area (Å²) in [5.74, 6) is -0.467. The van der Waals surface area contributed by atoms with Gasteiger partial charge >= 0.3 is 0 Å². The summed E-state index contributed by atoms with van der Waals surface area (Å²) in [5, 5.41) is 8.84. The number of rotatable bonds is 6. The molecule has 1 N–H and O–H groups in total. The van der Waals surface area contributed by atoms with E-state index in [2.05, 4.69) is 0 Å². The van der Waals surface area contributed by atoms with E-state index in [0.29, 0.717) is 24.1 Å². The molecule has 1 aliphatic rings. The zero-order valence-corrected chi connectivity index (χ0v) is 11.0. The predicted octanol–water partition coefficient (Wildman–Crippen LogP) is 0.944. The molecular weight excluding hydrogens is 244 g/mol. The molecule has 0 atom stereocenters. The maximum absolute atomic E-state index is 12.2. The largest absolute Gasteiger partial charge is 0.396 e. The zero-order chi connectivity index (χ0) is 13.8. The van der Waals surface area contributed by atoms with Crippen LogP contribution in [0.1, 0.15) is 34.1 Å². The normalized spacial score (nSPS) is 14.4. The van der Waals surface area contributed by atoms with E-state index in [4.69, 9.17) is 5.11 Å². The molecule has 0 aromatic heterocycles. The molecule has 1 aliphatic heterocycles. The van der Waals surface area contributed by atoms with Crippen molar-refractivity contribution in [2.45, 2.75) is 13.3 Å². The minimum absolute atomic E-state index is 0.110. The summed E-state index contributed by atoms with van der Waals surface area (Å²) in [6, 6.07) is 6.88. The lowest BCUT2D eigenvalue weighted by molar-refractivity contribution is 0.0541. The van der Waals surface area contributed by atoms with Crippen molar-refractivity contribution >= 4 is 11.8 Å². The number of amides is 2. The summed E-state index contributed by atoms with van der Waals surface area (Å²) >= 11 is 0. The maximum Gasteiger partial charge on any atom is 0.262 e. The molecule has 19 heavy (non-hydrogen) atoms. The third kappa shape index (κ3) is 2.67. The Hall–Kier alpha value is -1.72. The molecule has 102 valence electrons. The summed E-state index contributed by atoms with van der Waals surface area (Å²) in [5.41, 5.74) is 0.955. The highest BCUT2D eigenvalue weighted by Crippen LogP contribution is 2.22. The fourth-order valence-electron chi connectivity index (χ4n) is 2.19. The van der Waals surface area contributed by atoms with Gasteiger partial charge < -0.3 is 5.11 Å². The molecule has 0 fully saturated rings. The molecule has 1 heterocycles. The van der Waals surface area contributed by atoms with Gasteiger partial charge in [-0.2, -0.15) is 0 Å². The van der Waals surface area contributed by atoms with E-state index in [9.17, 15) is 9.59 Å². The monoisotopic (exact) mass is 262 g/mol. The van der Waals surface area contributed by atoms with E-state index in [1.54, 1.807) is 24.3 Å². The number of aliphatic hydroxyl groups is 1. The van der Waals surface area contributed by atoms with E-state index in [1.807, 2.05) is 11.8 Å². The summed E-state index contributed by atoms with van der Waals surface area (Å²) < 4.78 is 0. The average Bonchev–Trinajstić information content (AvgIpc) is 2.68. The standard InChI is InChI=1S/C14H18N2O3/c1-2-15(8-5-9-17)10-16-13(18)11-6-3-4-7-12(11)14(16)19/h3-4,6-7,17H,2,5,8-10H2,1H3. The Bertz CT molecular complexity index is 452. The summed E-state index contributed by atoms with van der Waals surface area (Å²) in [6.07, 6.45) is 0.636. The van der Waals surface area contributed by atoms with E-state index in [-0.39, 0.29) is 25.1 Å². The third-order valence-electron chi connectivity index (χ3n) is 3.30. The first-order chi connectivity index (χ1) is 9.19. The van der Waals surface area contributed by atoms with E-state index >= 15 is 0 Å². The van der Waals surface area contributed by atoms with Gasteiger partial charge in [-0.05, 0) is 25.1 Å². The first-order valence-electron chi connectivity index (χ1n) is 6.47. The Balaban J connectivity index is 2.11. The summed E-state index contributed by atoms with van der Waals surface area (Å²) in [6.45, 7) is 3.75. The number of benzene rings is 1. The molecule has 0 bridgehead atoms.